The van der Waals surface area contributed by atoms with Crippen molar-refractivity contribution >= 4 is 11.7 Å². The van der Waals surface area contributed by atoms with Crippen LogP contribution in [0.15, 0.2) is 12.2 Å². The molecule has 1 amide bonds. The lowest BCUT2D eigenvalue weighted by Crippen LogP contribution is -2.49. The summed E-state index contributed by atoms with van der Waals surface area (Å²) in [5, 5.41) is 0. The summed E-state index contributed by atoms with van der Waals surface area (Å²) in [6.45, 7) is 3.04. The maximum atomic E-state index is 12.6. The van der Waals surface area contributed by atoms with E-state index >= 15 is 0 Å². The van der Waals surface area contributed by atoms with Crippen molar-refractivity contribution in [1.29, 1.82) is 0 Å². The first kappa shape index (κ1) is 13.3. The maximum Gasteiger partial charge on any atom is 0.240 e. The van der Waals surface area contributed by atoms with Crippen LogP contribution in [-0.4, -0.2) is 42.9 Å². The molecule has 0 bridgehead atoms. The van der Waals surface area contributed by atoms with Crippen molar-refractivity contribution in [2.24, 2.45) is 5.41 Å². The van der Waals surface area contributed by atoms with Gasteiger partial charge in [0, 0.05) is 20.1 Å². The minimum atomic E-state index is -0.950. The molecule has 1 heterocycles. The lowest BCUT2D eigenvalue weighted by atomic mass is 9.78. The van der Waals surface area contributed by atoms with E-state index < -0.39 is 5.41 Å². The first-order valence-electron chi connectivity index (χ1n) is 6.60. The zero-order valence-electron chi connectivity index (χ0n) is 11.1. The summed E-state index contributed by atoms with van der Waals surface area (Å²) in [7, 11) is 1.65. The normalized spacial score (nSPS) is 32.0. The third-order valence-corrected chi connectivity index (χ3v) is 4.01. The van der Waals surface area contributed by atoms with Gasteiger partial charge in [0.25, 0.3) is 0 Å². The lowest BCUT2D eigenvalue weighted by Gasteiger charge is -2.34. The number of methoxy groups -OCH3 is 1. The highest BCUT2D eigenvalue weighted by Gasteiger charge is 2.44. The Balaban J connectivity index is 2.17. The van der Waals surface area contributed by atoms with Gasteiger partial charge in [-0.05, 0) is 26.2 Å². The highest BCUT2D eigenvalue weighted by molar-refractivity contribution is 6.08. The SMILES string of the molecule is COC[C@@H]1CCCN1C(=O)[C@]1(C)C=CCCC1=O. The van der Waals surface area contributed by atoms with Crippen LogP contribution in [0.4, 0.5) is 0 Å². The second-order valence-corrected chi connectivity index (χ2v) is 5.32. The Bertz CT molecular complexity index is 377. The molecule has 4 heteroatoms. The number of Topliss-reactive ketones (excluding diaryl/α,β-unsaturated/α-hetero) is 1. The van der Waals surface area contributed by atoms with E-state index in [1.165, 1.54) is 0 Å². The molecule has 0 aromatic heterocycles. The molecule has 4 nitrogen and oxygen atoms in total. The summed E-state index contributed by atoms with van der Waals surface area (Å²) in [4.78, 5) is 26.5. The molecule has 0 aromatic carbocycles. The lowest BCUT2D eigenvalue weighted by molar-refractivity contribution is -0.147. The topological polar surface area (TPSA) is 46.6 Å². The number of ether oxygens (including phenoxy) is 1. The number of amides is 1. The van der Waals surface area contributed by atoms with E-state index in [0.717, 1.165) is 25.8 Å². The Morgan fingerprint density at radius 1 is 1.61 bits per heavy atom. The first-order chi connectivity index (χ1) is 8.59. The predicted octanol–water partition coefficient (Wildman–Crippen LogP) is 1.55. The fourth-order valence-electron chi connectivity index (χ4n) is 2.84. The number of carbonyl (C=O) groups is 2. The third kappa shape index (κ3) is 2.21. The van der Waals surface area contributed by atoms with Gasteiger partial charge in [0.2, 0.25) is 5.91 Å². The Hall–Kier alpha value is -1.16. The van der Waals surface area contributed by atoms with E-state index in [2.05, 4.69) is 0 Å². The Morgan fingerprint density at radius 2 is 2.39 bits per heavy atom. The van der Waals surface area contributed by atoms with Crippen molar-refractivity contribution in [1.82, 2.24) is 4.90 Å². The summed E-state index contributed by atoms with van der Waals surface area (Å²) in [5.74, 6) is -0.0129. The van der Waals surface area contributed by atoms with Crippen molar-refractivity contribution in [2.75, 3.05) is 20.3 Å². The molecule has 2 rings (SSSR count). The van der Waals surface area contributed by atoms with E-state index in [0.29, 0.717) is 13.0 Å². The number of carbonyl (C=O) groups excluding carboxylic acids is 2. The van der Waals surface area contributed by atoms with Crippen molar-refractivity contribution in [3.63, 3.8) is 0 Å². The van der Waals surface area contributed by atoms with Crippen LogP contribution in [0, 0.1) is 5.41 Å². The van der Waals surface area contributed by atoms with Gasteiger partial charge in [-0.25, -0.2) is 0 Å². The van der Waals surface area contributed by atoms with Crippen LogP contribution in [0.2, 0.25) is 0 Å². The molecule has 1 aliphatic heterocycles. The molecule has 1 fully saturated rings. The summed E-state index contributed by atoms with van der Waals surface area (Å²) in [5.41, 5.74) is -0.950. The standard InChI is InChI=1S/C14H21NO3/c1-14(8-4-3-7-12(14)16)13(17)15-9-5-6-11(15)10-18-2/h4,8,11H,3,5-7,9-10H2,1-2H3/t11-,14+/m0/s1. The van der Waals surface area contributed by atoms with Crippen LogP contribution in [0.1, 0.15) is 32.6 Å². The average Bonchev–Trinajstić information content (AvgIpc) is 2.81. The number of allylic oxidation sites excluding steroid dienone is 1. The smallest absolute Gasteiger partial charge is 0.240 e. The number of nitrogens with zero attached hydrogens (tertiary/aromatic N) is 1. The molecule has 0 spiro atoms. The number of hydrogen-bond acceptors (Lipinski definition) is 3. The van der Waals surface area contributed by atoms with E-state index in [9.17, 15) is 9.59 Å². The third-order valence-electron chi connectivity index (χ3n) is 4.01. The van der Waals surface area contributed by atoms with Crippen LogP contribution in [0.25, 0.3) is 0 Å². The Labute approximate surface area is 108 Å². The number of rotatable bonds is 3. The van der Waals surface area contributed by atoms with Crippen LogP contribution in [-0.2, 0) is 14.3 Å². The average molecular weight is 251 g/mol. The van der Waals surface area contributed by atoms with Crippen LogP contribution < -0.4 is 0 Å². The molecule has 1 saturated heterocycles. The highest BCUT2D eigenvalue weighted by atomic mass is 16.5. The largest absolute Gasteiger partial charge is 0.383 e. The fraction of sp³-hybridized carbons (Fsp3) is 0.714. The van der Waals surface area contributed by atoms with Crippen LogP contribution >= 0.6 is 0 Å². The molecule has 18 heavy (non-hydrogen) atoms. The Kier molecular flexibility index (Phi) is 3.85. The van der Waals surface area contributed by atoms with Gasteiger partial charge < -0.3 is 9.64 Å². The van der Waals surface area contributed by atoms with Crippen molar-refractivity contribution in [2.45, 2.75) is 38.6 Å². The minimum absolute atomic E-state index is 0.0399. The zero-order chi connectivity index (χ0) is 13.2. The molecule has 1 aliphatic carbocycles. The van der Waals surface area contributed by atoms with Crippen LogP contribution in [0.5, 0.6) is 0 Å². The summed E-state index contributed by atoms with van der Waals surface area (Å²) in [6.07, 6.45) is 6.91. The number of hydrogen-bond donors (Lipinski definition) is 0. The molecule has 0 radical (unpaired) electrons. The van der Waals surface area contributed by atoms with E-state index in [1.807, 2.05) is 11.0 Å². The molecule has 0 saturated carbocycles. The monoisotopic (exact) mass is 251 g/mol. The van der Waals surface area contributed by atoms with Crippen molar-refractivity contribution < 1.29 is 14.3 Å². The summed E-state index contributed by atoms with van der Waals surface area (Å²) in [6, 6.07) is 0.127. The van der Waals surface area contributed by atoms with Crippen LogP contribution in [0.3, 0.4) is 0 Å². The van der Waals surface area contributed by atoms with Gasteiger partial charge in [0.05, 0.1) is 12.6 Å². The molecule has 100 valence electrons. The molecule has 2 atom stereocenters. The molecular formula is C14H21NO3. The quantitative estimate of drug-likeness (QED) is 0.565. The number of likely N-dealkylation sites (tertiary alicyclic amines) is 1. The second-order valence-electron chi connectivity index (χ2n) is 5.32. The van der Waals surface area contributed by atoms with Gasteiger partial charge in [-0.1, -0.05) is 12.2 Å². The van der Waals surface area contributed by atoms with Crippen molar-refractivity contribution in [3.8, 4) is 0 Å². The highest BCUT2D eigenvalue weighted by Crippen LogP contribution is 2.32. The number of ketones is 1. The van der Waals surface area contributed by atoms with E-state index in [4.69, 9.17) is 4.74 Å². The van der Waals surface area contributed by atoms with Gasteiger partial charge >= 0.3 is 0 Å². The second kappa shape index (κ2) is 5.22. The molecule has 2 aliphatic rings. The predicted molar refractivity (Wildman–Crippen MR) is 68.1 cm³/mol. The van der Waals surface area contributed by atoms with Gasteiger partial charge in [0.1, 0.15) is 5.41 Å². The first-order valence-corrected chi connectivity index (χ1v) is 6.60. The molecular weight excluding hydrogens is 230 g/mol. The molecule has 0 aromatic rings. The van der Waals surface area contributed by atoms with Gasteiger partial charge in [-0.15, -0.1) is 0 Å². The van der Waals surface area contributed by atoms with Gasteiger partial charge in [-0.2, -0.15) is 0 Å². The van der Waals surface area contributed by atoms with E-state index in [-0.39, 0.29) is 17.7 Å². The fourth-order valence-corrected chi connectivity index (χ4v) is 2.84. The minimum Gasteiger partial charge on any atom is -0.383 e. The maximum absolute atomic E-state index is 12.6. The van der Waals surface area contributed by atoms with Gasteiger partial charge in [-0.3, -0.25) is 9.59 Å². The zero-order valence-corrected chi connectivity index (χ0v) is 11.1. The van der Waals surface area contributed by atoms with Gasteiger partial charge in [0.15, 0.2) is 5.78 Å². The summed E-state index contributed by atoms with van der Waals surface area (Å²) >= 11 is 0. The van der Waals surface area contributed by atoms with Crippen molar-refractivity contribution in [3.05, 3.63) is 12.2 Å². The Morgan fingerprint density at radius 3 is 3.06 bits per heavy atom. The molecule has 0 unspecified atom stereocenters. The summed E-state index contributed by atoms with van der Waals surface area (Å²) < 4.78 is 5.16. The van der Waals surface area contributed by atoms with E-state index in [1.54, 1.807) is 20.1 Å². The molecule has 0 N–H and O–H groups in total.